The van der Waals surface area contributed by atoms with Crippen molar-refractivity contribution in [3.8, 4) is 5.75 Å². The molecule has 0 heterocycles. The first-order valence-electron chi connectivity index (χ1n) is 7.38. The lowest BCUT2D eigenvalue weighted by Gasteiger charge is -2.22. The highest BCUT2D eigenvalue weighted by molar-refractivity contribution is 7.89. The Morgan fingerprint density at radius 1 is 1.38 bits per heavy atom. The molecule has 0 aromatic heterocycles. The summed E-state index contributed by atoms with van der Waals surface area (Å²) in [5.41, 5.74) is 1.00. The lowest BCUT2D eigenvalue weighted by molar-refractivity contribution is 0.384. The summed E-state index contributed by atoms with van der Waals surface area (Å²) in [7, 11) is -0.119. The molecule has 1 aliphatic rings. The van der Waals surface area contributed by atoms with Gasteiger partial charge in [0.05, 0.1) is 7.11 Å². The third-order valence-corrected chi connectivity index (χ3v) is 5.58. The van der Waals surface area contributed by atoms with Gasteiger partial charge >= 0.3 is 0 Å². The van der Waals surface area contributed by atoms with Crippen molar-refractivity contribution >= 4 is 10.0 Å². The van der Waals surface area contributed by atoms with Gasteiger partial charge in [-0.05, 0) is 44.0 Å². The predicted molar refractivity (Wildman–Crippen MR) is 83.0 cm³/mol. The molecule has 0 radical (unpaired) electrons. The van der Waals surface area contributed by atoms with Gasteiger partial charge in [-0.2, -0.15) is 4.31 Å². The first kappa shape index (κ1) is 16.3. The number of hydrogen-bond donors (Lipinski definition) is 1. The van der Waals surface area contributed by atoms with E-state index in [1.807, 2.05) is 20.0 Å². The lowest BCUT2D eigenvalue weighted by atomic mass is 10.2. The van der Waals surface area contributed by atoms with Gasteiger partial charge in [0.25, 0.3) is 0 Å². The minimum absolute atomic E-state index is 0.164. The highest BCUT2D eigenvalue weighted by Crippen LogP contribution is 2.35. The average Bonchev–Trinajstić information content (AvgIpc) is 3.29. The summed E-state index contributed by atoms with van der Waals surface area (Å²) in [6, 6.07) is 5.45. The first-order valence-corrected chi connectivity index (χ1v) is 8.82. The van der Waals surface area contributed by atoms with Crippen molar-refractivity contribution < 1.29 is 13.2 Å². The van der Waals surface area contributed by atoms with Crippen LogP contribution in [0.4, 0.5) is 0 Å². The van der Waals surface area contributed by atoms with Gasteiger partial charge < -0.3 is 10.1 Å². The Morgan fingerprint density at radius 3 is 2.62 bits per heavy atom. The van der Waals surface area contributed by atoms with Crippen LogP contribution >= 0.6 is 0 Å². The number of methoxy groups -OCH3 is 1. The fraction of sp³-hybridized carbons (Fsp3) is 0.600. The van der Waals surface area contributed by atoms with Gasteiger partial charge in [0.1, 0.15) is 10.6 Å². The summed E-state index contributed by atoms with van der Waals surface area (Å²) in [5.74, 6) is 0.421. The maximum Gasteiger partial charge on any atom is 0.247 e. The number of nitrogens with one attached hydrogen (secondary N) is 1. The van der Waals surface area contributed by atoms with E-state index in [2.05, 4.69) is 5.32 Å². The Labute approximate surface area is 127 Å². The van der Waals surface area contributed by atoms with E-state index in [-0.39, 0.29) is 10.9 Å². The molecule has 6 heteroatoms. The van der Waals surface area contributed by atoms with E-state index in [0.717, 1.165) is 24.8 Å². The molecule has 0 spiro atoms. The van der Waals surface area contributed by atoms with Gasteiger partial charge in [-0.3, -0.25) is 0 Å². The molecule has 1 fully saturated rings. The molecule has 118 valence electrons. The first-order chi connectivity index (χ1) is 10.0. The van der Waals surface area contributed by atoms with Crippen LogP contribution in [0, 0.1) is 0 Å². The van der Waals surface area contributed by atoms with Crippen LogP contribution in [-0.2, 0) is 16.6 Å². The molecule has 1 aromatic carbocycles. The van der Waals surface area contributed by atoms with E-state index in [1.165, 1.54) is 7.11 Å². The Balaban J connectivity index is 2.38. The van der Waals surface area contributed by atoms with Gasteiger partial charge in [0.2, 0.25) is 10.0 Å². The largest absolute Gasteiger partial charge is 0.495 e. The fourth-order valence-corrected chi connectivity index (χ4v) is 4.36. The average molecular weight is 312 g/mol. The molecule has 1 N–H and O–H groups in total. The number of nitrogens with zero attached hydrogens (tertiary/aromatic N) is 1. The maximum atomic E-state index is 12.9. The summed E-state index contributed by atoms with van der Waals surface area (Å²) < 4.78 is 32.7. The molecule has 1 saturated carbocycles. The van der Waals surface area contributed by atoms with Crippen LogP contribution in [-0.4, -0.2) is 39.5 Å². The number of ether oxygens (including phenoxy) is 1. The van der Waals surface area contributed by atoms with Gasteiger partial charge in [0.15, 0.2) is 0 Å². The van der Waals surface area contributed by atoms with Crippen molar-refractivity contribution in [3.05, 3.63) is 23.8 Å². The molecule has 0 aliphatic heterocycles. The molecule has 0 amide bonds. The van der Waals surface area contributed by atoms with E-state index >= 15 is 0 Å². The topological polar surface area (TPSA) is 58.6 Å². The van der Waals surface area contributed by atoms with Crippen molar-refractivity contribution in [2.75, 3.05) is 20.7 Å². The molecule has 0 atom stereocenters. The van der Waals surface area contributed by atoms with E-state index in [9.17, 15) is 8.42 Å². The SMILES string of the molecule is CCCN(C1CC1)S(=O)(=O)c1ccc(CNC)cc1OC. The van der Waals surface area contributed by atoms with Crippen molar-refractivity contribution in [3.63, 3.8) is 0 Å². The van der Waals surface area contributed by atoms with Crippen molar-refractivity contribution in [1.82, 2.24) is 9.62 Å². The Bertz CT molecular complexity index is 583. The fourth-order valence-electron chi connectivity index (χ4n) is 2.45. The Kier molecular flexibility index (Phi) is 5.24. The number of benzene rings is 1. The monoisotopic (exact) mass is 312 g/mol. The quantitative estimate of drug-likeness (QED) is 0.797. The Hall–Kier alpha value is -1.11. The van der Waals surface area contributed by atoms with E-state index in [0.29, 0.717) is 18.8 Å². The molecule has 2 rings (SSSR count). The number of rotatable bonds is 8. The number of hydrogen-bond acceptors (Lipinski definition) is 4. The normalized spacial score (nSPS) is 15.4. The number of sulfonamides is 1. The molecule has 1 aliphatic carbocycles. The van der Waals surface area contributed by atoms with Crippen LogP contribution in [0.1, 0.15) is 31.7 Å². The third-order valence-electron chi connectivity index (χ3n) is 3.59. The van der Waals surface area contributed by atoms with Crippen LogP contribution in [0.5, 0.6) is 5.75 Å². The zero-order chi connectivity index (χ0) is 15.5. The van der Waals surface area contributed by atoms with Crippen LogP contribution in [0.2, 0.25) is 0 Å². The minimum atomic E-state index is -3.49. The standard InChI is InChI=1S/C15H24N2O3S/c1-4-9-17(13-6-7-13)21(18,19)15-8-5-12(11-16-2)10-14(15)20-3/h5,8,10,13,16H,4,6-7,9,11H2,1-3H3. The summed E-state index contributed by atoms with van der Waals surface area (Å²) in [4.78, 5) is 0.269. The second-order valence-electron chi connectivity index (χ2n) is 5.36. The van der Waals surface area contributed by atoms with Gasteiger partial charge in [-0.25, -0.2) is 8.42 Å². The zero-order valence-corrected chi connectivity index (χ0v) is 13.7. The molecule has 0 saturated heterocycles. The van der Waals surface area contributed by atoms with E-state index in [4.69, 9.17) is 4.74 Å². The summed E-state index contributed by atoms with van der Waals surface area (Å²) in [6.07, 6.45) is 2.73. The predicted octanol–water partition coefficient (Wildman–Crippen LogP) is 1.98. The molecule has 0 bridgehead atoms. The van der Waals surface area contributed by atoms with Gasteiger partial charge in [-0.15, -0.1) is 0 Å². The van der Waals surface area contributed by atoms with Crippen LogP contribution in [0.3, 0.4) is 0 Å². The Morgan fingerprint density at radius 2 is 2.10 bits per heavy atom. The smallest absolute Gasteiger partial charge is 0.247 e. The third kappa shape index (κ3) is 3.56. The summed E-state index contributed by atoms with van der Waals surface area (Å²) >= 11 is 0. The van der Waals surface area contributed by atoms with E-state index < -0.39 is 10.0 Å². The molecule has 0 unspecified atom stereocenters. The summed E-state index contributed by atoms with van der Waals surface area (Å²) in [6.45, 7) is 3.24. The molecular weight excluding hydrogens is 288 g/mol. The molecule has 21 heavy (non-hydrogen) atoms. The van der Waals surface area contributed by atoms with Crippen molar-refractivity contribution in [2.45, 2.75) is 43.7 Å². The van der Waals surface area contributed by atoms with Crippen molar-refractivity contribution in [2.24, 2.45) is 0 Å². The summed E-state index contributed by atoms with van der Waals surface area (Å²) in [5, 5.41) is 3.05. The van der Waals surface area contributed by atoms with Crippen molar-refractivity contribution in [1.29, 1.82) is 0 Å². The minimum Gasteiger partial charge on any atom is -0.495 e. The van der Waals surface area contributed by atoms with Crippen LogP contribution in [0.15, 0.2) is 23.1 Å². The highest BCUT2D eigenvalue weighted by Gasteiger charge is 2.38. The second kappa shape index (κ2) is 6.77. The van der Waals surface area contributed by atoms with Crippen LogP contribution < -0.4 is 10.1 Å². The lowest BCUT2D eigenvalue weighted by Crippen LogP contribution is -2.34. The molecular formula is C15H24N2O3S. The van der Waals surface area contributed by atoms with E-state index in [1.54, 1.807) is 16.4 Å². The highest BCUT2D eigenvalue weighted by atomic mass is 32.2. The van der Waals surface area contributed by atoms with Gasteiger partial charge in [0, 0.05) is 19.1 Å². The van der Waals surface area contributed by atoms with Gasteiger partial charge in [-0.1, -0.05) is 13.0 Å². The molecule has 1 aromatic rings. The second-order valence-corrected chi connectivity index (χ2v) is 7.22. The van der Waals surface area contributed by atoms with Crippen LogP contribution in [0.25, 0.3) is 0 Å². The zero-order valence-electron chi connectivity index (χ0n) is 12.9. The molecule has 5 nitrogen and oxygen atoms in total. The maximum absolute atomic E-state index is 12.9.